The van der Waals surface area contributed by atoms with Gasteiger partial charge >= 0.3 is 5.97 Å². The number of carbonyl (C=O) groups is 2. The number of nitrogens with zero attached hydrogens (tertiary/aromatic N) is 3. The summed E-state index contributed by atoms with van der Waals surface area (Å²) < 4.78 is 34.6. The first-order valence-electron chi connectivity index (χ1n) is 9.21. The molecule has 1 unspecified atom stereocenters. The lowest BCUT2D eigenvalue weighted by Gasteiger charge is -2.20. The lowest BCUT2D eigenvalue weighted by atomic mass is 10.2. The molecule has 11 heteroatoms. The Kier molecular flexibility index (Phi) is 5.87. The third kappa shape index (κ3) is 3.85. The third-order valence-electron chi connectivity index (χ3n) is 4.86. The molecule has 0 aliphatic carbocycles. The first kappa shape index (κ1) is 20.9. The Morgan fingerprint density at radius 2 is 2.03 bits per heavy atom. The average Bonchev–Trinajstić information content (AvgIpc) is 3.48. The molecule has 1 aromatic carbocycles. The van der Waals surface area contributed by atoms with Crippen LogP contribution in [0.3, 0.4) is 0 Å². The van der Waals surface area contributed by atoms with Gasteiger partial charge in [-0.25, -0.2) is 8.42 Å². The number of aromatic nitrogens is 1. The number of carbonyl (C=O) groups excluding carboxylic acids is 2. The van der Waals surface area contributed by atoms with Gasteiger partial charge in [-0.3, -0.25) is 9.59 Å². The summed E-state index contributed by atoms with van der Waals surface area (Å²) in [5.41, 5.74) is 0.758. The zero-order valence-electron chi connectivity index (χ0n) is 16.1. The Hall–Kier alpha value is -2.34. The van der Waals surface area contributed by atoms with E-state index in [-0.39, 0.29) is 17.3 Å². The molecule has 158 valence electrons. The number of amides is 1. The first-order valence-corrected chi connectivity index (χ1v) is 12.3. The van der Waals surface area contributed by atoms with Crippen molar-refractivity contribution >= 4 is 54.8 Å². The zero-order chi connectivity index (χ0) is 21.3. The number of benzene rings is 1. The number of ether oxygens (including phenoxy) is 1. The van der Waals surface area contributed by atoms with E-state index < -0.39 is 27.9 Å². The Morgan fingerprint density at radius 3 is 2.77 bits per heavy atom. The molecule has 30 heavy (non-hydrogen) atoms. The van der Waals surface area contributed by atoms with Crippen molar-refractivity contribution in [3.05, 3.63) is 46.6 Å². The number of esters is 1. The Bertz CT molecular complexity index is 1260. The van der Waals surface area contributed by atoms with Crippen molar-refractivity contribution in [2.45, 2.75) is 29.6 Å². The average molecular weight is 466 g/mol. The second-order valence-electron chi connectivity index (χ2n) is 6.67. The van der Waals surface area contributed by atoms with E-state index in [1.54, 1.807) is 16.0 Å². The molecule has 1 aliphatic heterocycles. The summed E-state index contributed by atoms with van der Waals surface area (Å²) in [4.78, 5) is 29.5. The molecule has 1 aliphatic rings. The van der Waals surface area contributed by atoms with Gasteiger partial charge in [0.15, 0.2) is 4.80 Å². The number of fused-ring (bicyclic) bond motifs is 1. The Balaban J connectivity index is 1.73. The summed E-state index contributed by atoms with van der Waals surface area (Å²) in [5, 5.41) is 1.69. The molecule has 2 aromatic heterocycles. The van der Waals surface area contributed by atoms with Crippen LogP contribution in [-0.4, -0.2) is 48.9 Å². The zero-order valence-corrected chi connectivity index (χ0v) is 18.5. The highest BCUT2D eigenvalue weighted by Crippen LogP contribution is 2.29. The quantitative estimate of drug-likeness (QED) is 0.538. The molecule has 3 aromatic rings. The topological polar surface area (TPSA) is 98.0 Å². The molecule has 0 N–H and O–H groups in total. The van der Waals surface area contributed by atoms with Crippen LogP contribution in [0.5, 0.6) is 0 Å². The summed E-state index contributed by atoms with van der Waals surface area (Å²) in [6, 6.07) is 9.76. The number of para-hydroxylation sites is 1. The van der Waals surface area contributed by atoms with Crippen molar-refractivity contribution in [2.24, 2.45) is 4.99 Å². The molecule has 1 atom stereocenters. The standard InChI is InChI=1S/C19H19N3O5S3/c1-27-16(23)12-21-13-6-2-3-8-15(13)29-19(21)20-18(24)14-7-4-10-22(14)30(25,26)17-9-5-11-28-17/h2-3,5-6,8-9,11,14H,4,7,10,12H2,1H3. The van der Waals surface area contributed by atoms with E-state index in [1.807, 2.05) is 24.3 Å². The molecule has 0 bridgehead atoms. The van der Waals surface area contributed by atoms with Crippen molar-refractivity contribution in [2.75, 3.05) is 13.7 Å². The summed E-state index contributed by atoms with van der Waals surface area (Å²) in [7, 11) is -2.45. The minimum atomic E-state index is -3.75. The molecule has 1 amide bonds. The second-order valence-corrected chi connectivity index (χ2v) is 10.7. The highest BCUT2D eigenvalue weighted by Gasteiger charge is 2.40. The van der Waals surface area contributed by atoms with Crippen LogP contribution in [-0.2, 0) is 30.9 Å². The number of thiazole rings is 1. The van der Waals surface area contributed by atoms with Crippen molar-refractivity contribution in [1.82, 2.24) is 8.87 Å². The largest absolute Gasteiger partial charge is 0.468 e. The predicted molar refractivity (Wildman–Crippen MR) is 114 cm³/mol. The number of methoxy groups -OCH3 is 1. The molecule has 1 fully saturated rings. The minimum Gasteiger partial charge on any atom is -0.468 e. The maximum atomic E-state index is 13.0. The summed E-state index contributed by atoms with van der Waals surface area (Å²) in [5.74, 6) is -0.993. The summed E-state index contributed by atoms with van der Waals surface area (Å²) in [6.07, 6.45) is 1.000. The molecule has 0 radical (unpaired) electrons. The van der Waals surface area contributed by atoms with Crippen LogP contribution in [0.2, 0.25) is 0 Å². The van der Waals surface area contributed by atoms with Gasteiger partial charge < -0.3 is 9.30 Å². The molecule has 0 saturated carbocycles. The SMILES string of the molecule is COC(=O)Cn1c(=NC(=O)C2CCCN2S(=O)(=O)c2cccs2)sc2ccccc21. The van der Waals surface area contributed by atoms with Gasteiger partial charge in [-0.15, -0.1) is 11.3 Å². The van der Waals surface area contributed by atoms with Gasteiger partial charge in [0.2, 0.25) is 0 Å². The van der Waals surface area contributed by atoms with Gasteiger partial charge in [-0.2, -0.15) is 9.30 Å². The van der Waals surface area contributed by atoms with Crippen LogP contribution in [0.4, 0.5) is 0 Å². The van der Waals surface area contributed by atoms with E-state index in [0.29, 0.717) is 17.6 Å². The van der Waals surface area contributed by atoms with Crippen molar-refractivity contribution in [3.63, 3.8) is 0 Å². The van der Waals surface area contributed by atoms with Gasteiger partial charge in [0.05, 0.1) is 17.3 Å². The summed E-state index contributed by atoms with van der Waals surface area (Å²) >= 11 is 2.40. The van der Waals surface area contributed by atoms with Crippen LogP contribution in [0.15, 0.2) is 51.0 Å². The van der Waals surface area contributed by atoms with E-state index in [2.05, 4.69) is 4.99 Å². The number of thiophene rings is 1. The van der Waals surface area contributed by atoms with E-state index in [9.17, 15) is 18.0 Å². The van der Waals surface area contributed by atoms with Crippen LogP contribution in [0, 0.1) is 0 Å². The number of hydrogen-bond acceptors (Lipinski definition) is 7. The van der Waals surface area contributed by atoms with E-state index in [4.69, 9.17) is 4.74 Å². The molecule has 8 nitrogen and oxygen atoms in total. The van der Waals surface area contributed by atoms with Crippen LogP contribution >= 0.6 is 22.7 Å². The fourth-order valence-corrected chi connectivity index (χ4v) is 7.23. The molecule has 4 rings (SSSR count). The monoisotopic (exact) mass is 465 g/mol. The van der Waals surface area contributed by atoms with Gasteiger partial charge in [0.25, 0.3) is 15.9 Å². The molecule has 3 heterocycles. The Morgan fingerprint density at radius 1 is 1.23 bits per heavy atom. The van der Waals surface area contributed by atoms with E-state index in [0.717, 1.165) is 21.6 Å². The number of hydrogen-bond donors (Lipinski definition) is 0. The second kappa shape index (κ2) is 8.42. The number of sulfonamides is 1. The predicted octanol–water partition coefficient (Wildman–Crippen LogP) is 2.22. The lowest BCUT2D eigenvalue weighted by molar-refractivity contribution is -0.141. The molecule has 0 spiro atoms. The van der Waals surface area contributed by atoms with Crippen molar-refractivity contribution < 1.29 is 22.7 Å². The highest BCUT2D eigenvalue weighted by molar-refractivity contribution is 7.91. The summed E-state index contributed by atoms with van der Waals surface area (Å²) in [6.45, 7) is 0.190. The van der Waals surface area contributed by atoms with Gasteiger partial charge in [-0.05, 0) is 36.4 Å². The third-order valence-corrected chi connectivity index (χ3v) is 9.20. The van der Waals surface area contributed by atoms with Crippen LogP contribution in [0.1, 0.15) is 12.8 Å². The minimum absolute atomic E-state index is 0.0888. The maximum Gasteiger partial charge on any atom is 0.325 e. The van der Waals surface area contributed by atoms with Gasteiger partial charge in [0, 0.05) is 6.54 Å². The maximum absolute atomic E-state index is 13.0. The number of rotatable bonds is 5. The normalized spacial score (nSPS) is 18.2. The fourth-order valence-electron chi connectivity index (χ4n) is 3.42. The van der Waals surface area contributed by atoms with Crippen molar-refractivity contribution in [3.8, 4) is 0 Å². The first-order chi connectivity index (χ1) is 14.4. The van der Waals surface area contributed by atoms with Crippen molar-refractivity contribution in [1.29, 1.82) is 0 Å². The fraction of sp³-hybridized carbons (Fsp3) is 0.316. The Labute approximate surface area is 181 Å². The van der Waals surface area contributed by atoms with E-state index >= 15 is 0 Å². The smallest absolute Gasteiger partial charge is 0.325 e. The lowest BCUT2D eigenvalue weighted by Crippen LogP contribution is -2.40. The molecular weight excluding hydrogens is 446 g/mol. The van der Waals surface area contributed by atoms with Crippen LogP contribution < -0.4 is 4.80 Å². The highest BCUT2D eigenvalue weighted by atomic mass is 32.2. The molecular formula is C19H19N3O5S3. The van der Waals surface area contributed by atoms with Crippen LogP contribution in [0.25, 0.3) is 10.2 Å². The van der Waals surface area contributed by atoms with E-state index in [1.165, 1.54) is 28.8 Å². The van der Waals surface area contributed by atoms with Gasteiger partial charge in [-0.1, -0.05) is 29.5 Å². The molecule has 1 saturated heterocycles. The van der Waals surface area contributed by atoms with Gasteiger partial charge in [0.1, 0.15) is 16.8 Å².